The highest BCUT2D eigenvalue weighted by Crippen LogP contribution is 2.29. The van der Waals surface area contributed by atoms with Crippen molar-refractivity contribution in [2.24, 2.45) is 0 Å². The number of benzene rings is 2. The van der Waals surface area contributed by atoms with Gasteiger partial charge in [0.25, 0.3) is 0 Å². The number of nitrogens with one attached hydrogen (secondary N) is 1. The largest absolute Gasteiger partial charge is 0.489 e. The molecule has 2 aromatic rings. The van der Waals surface area contributed by atoms with Crippen LogP contribution in [0.15, 0.2) is 48.5 Å². The van der Waals surface area contributed by atoms with Crippen LogP contribution in [-0.2, 0) is 16.1 Å². The maximum absolute atomic E-state index is 12.3. The lowest BCUT2D eigenvalue weighted by molar-refractivity contribution is -0.123. The zero-order valence-electron chi connectivity index (χ0n) is 15.2. The molecule has 0 aliphatic carbocycles. The first-order chi connectivity index (χ1) is 12.4. The van der Waals surface area contributed by atoms with Crippen LogP contribution in [0.3, 0.4) is 0 Å². The minimum atomic E-state index is -0.255. The molecule has 26 heavy (non-hydrogen) atoms. The zero-order chi connectivity index (χ0) is 19.1. The molecular weight excluding hydrogens is 352 g/mol. The summed E-state index contributed by atoms with van der Waals surface area (Å²) in [5.41, 5.74) is 1.51. The average molecular weight is 375 g/mol. The van der Waals surface area contributed by atoms with Gasteiger partial charge in [0.1, 0.15) is 12.3 Å². The van der Waals surface area contributed by atoms with Crippen molar-refractivity contribution in [3.8, 4) is 5.75 Å². The van der Waals surface area contributed by atoms with Gasteiger partial charge in [0, 0.05) is 18.5 Å². The summed E-state index contributed by atoms with van der Waals surface area (Å²) < 4.78 is 5.76. The summed E-state index contributed by atoms with van der Waals surface area (Å²) in [6.45, 7) is 5.54. The molecule has 2 aromatic carbocycles. The fraction of sp³-hybridized carbons (Fsp3) is 0.300. The van der Waals surface area contributed by atoms with Crippen LogP contribution < -0.4 is 15.0 Å². The number of carbonyl (C=O) groups is 2. The maximum atomic E-state index is 12.3. The number of anilines is 1. The van der Waals surface area contributed by atoms with E-state index in [1.165, 1.54) is 11.8 Å². The van der Waals surface area contributed by atoms with Gasteiger partial charge in [0.2, 0.25) is 11.8 Å². The maximum Gasteiger partial charge on any atom is 0.240 e. The predicted octanol–water partition coefficient (Wildman–Crippen LogP) is 3.80. The molecule has 0 aliphatic rings. The molecule has 0 heterocycles. The van der Waals surface area contributed by atoms with Crippen molar-refractivity contribution in [3.05, 3.63) is 59.1 Å². The Morgan fingerprint density at radius 2 is 1.77 bits per heavy atom. The lowest BCUT2D eigenvalue weighted by atomic mass is 10.2. The summed E-state index contributed by atoms with van der Waals surface area (Å²) in [4.78, 5) is 25.9. The molecule has 0 aromatic heterocycles. The molecule has 2 rings (SSSR count). The van der Waals surface area contributed by atoms with Gasteiger partial charge < -0.3 is 10.1 Å². The first-order valence-corrected chi connectivity index (χ1v) is 8.79. The molecule has 0 spiro atoms. The van der Waals surface area contributed by atoms with Gasteiger partial charge in [-0.2, -0.15) is 0 Å². The Bertz CT molecular complexity index is 760. The SMILES string of the molecule is CC(=O)N(CC(=O)NCc1ccc(Cl)cc1)c1ccccc1OC(C)C. The smallest absolute Gasteiger partial charge is 0.240 e. The van der Waals surface area contributed by atoms with Crippen LogP contribution in [0.25, 0.3) is 0 Å². The lowest BCUT2D eigenvalue weighted by Crippen LogP contribution is -2.39. The Kier molecular flexibility index (Phi) is 7.04. The van der Waals surface area contributed by atoms with Crippen molar-refractivity contribution in [1.82, 2.24) is 5.32 Å². The van der Waals surface area contributed by atoms with Crippen molar-refractivity contribution in [2.45, 2.75) is 33.4 Å². The average Bonchev–Trinajstić information content (AvgIpc) is 2.59. The standard InChI is InChI=1S/C20H23ClN2O3/c1-14(2)26-19-7-5-4-6-18(19)23(15(3)24)13-20(25)22-12-16-8-10-17(21)11-9-16/h4-11,14H,12-13H2,1-3H3,(H,22,25). The van der Waals surface area contributed by atoms with E-state index in [1.54, 1.807) is 24.3 Å². The van der Waals surface area contributed by atoms with Crippen LogP contribution in [-0.4, -0.2) is 24.5 Å². The molecular formula is C20H23ClN2O3. The normalized spacial score (nSPS) is 10.5. The van der Waals surface area contributed by atoms with E-state index in [0.29, 0.717) is 23.0 Å². The van der Waals surface area contributed by atoms with E-state index in [1.807, 2.05) is 38.1 Å². The highest BCUT2D eigenvalue weighted by molar-refractivity contribution is 6.30. The molecule has 0 unspecified atom stereocenters. The number of rotatable bonds is 7. The molecule has 0 saturated heterocycles. The summed E-state index contributed by atoms with van der Waals surface area (Å²) in [6.07, 6.45) is -0.0383. The quantitative estimate of drug-likeness (QED) is 0.802. The number of amides is 2. The summed E-state index contributed by atoms with van der Waals surface area (Å²) in [5, 5.41) is 3.46. The number of nitrogens with zero attached hydrogens (tertiary/aromatic N) is 1. The van der Waals surface area contributed by atoms with Gasteiger partial charge >= 0.3 is 0 Å². The molecule has 0 bridgehead atoms. The number of hydrogen-bond donors (Lipinski definition) is 1. The highest BCUT2D eigenvalue weighted by Gasteiger charge is 2.19. The van der Waals surface area contributed by atoms with E-state index < -0.39 is 0 Å². The zero-order valence-corrected chi connectivity index (χ0v) is 15.9. The number of ether oxygens (including phenoxy) is 1. The number of halogens is 1. The van der Waals surface area contributed by atoms with Crippen LogP contribution in [0, 0.1) is 0 Å². The Labute approximate surface area is 158 Å². The Balaban J connectivity index is 2.07. The van der Waals surface area contributed by atoms with E-state index in [9.17, 15) is 9.59 Å². The lowest BCUT2D eigenvalue weighted by Gasteiger charge is -2.24. The highest BCUT2D eigenvalue weighted by atomic mass is 35.5. The van der Waals surface area contributed by atoms with Crippen molar-refractivity contribution in [1.29, 1.82) is 0 Å². The van der Waals surface area contributed by atoms with Crippen molar-refractivity contribution in [2.75, 3.05) is 11.4 Å². The fourth-order valence-electron chi connectivity index (χ4n) is 2.40. The van der Waals surface area contributed by atoms with Gasteiger partial charge in [0.15, 0.2) is 0 Å². The molecule has 138 valence electrons. The van der Waals surface area contributed by atoms with E-state index in [4.69, 9.17) is 16.3 Å². The first-order valence-electron chi connectivity index (χ1n) is 8.41. The minimum Gasteiger partial charge on any atom is -0.489 e. The molecule has 1 N–H and O–H groups in total. The third kappa shape index (κ3) is 5.77. The van der Waals surface area contributed by atoms with Gasteiger partial charge in [-0.15, -0.1) is 0 Å². The van der Waals surface area contributed by atoms with Gasteiger partial charge in [-0.3, -0.25) is 14.5 Å². The van der Waals surface area contributed by atoms with E-state index in [-0.39, 0.29) is 24.5 Å². The Hall–Kier alpha value is -2.53. The van der Waals surface area contributed by atoms with E-state index in [2.05, 4.69) is 5.32 Å². The monoisotopic (exact) mass is 374 g/mol. The summed E-state index contributed by atoms with van der Waals surface area (Å²) >= 11 is 5.85. The first kappa shape index (κ1) is 19.8. The fourth-order valence-corrected chi connectivity index (χ4v) is 2.53. The molecule has 5 nitrogen and oxygen atoms in total. The molecule has 2 amide bonds. The molecule has 0 radical (unpaired) electrons. The van der Waals surface area contributed by atoms with Gasteiger partial charge in [0.05, 0.1) is 11.8 Å². The second-order valence-corrected chi connectivity index (χ2v) is 6.58. The Morgan fingerprint density at radius 3 is 2.38 bits per heavy atom. The summed E-state index contributed by atoms with van der Waals surface area (Å²) in [7, 11) is 0. The van der Waals surface area contributed by atoms with E-state index >= 15 is 0 Å². The van der Waals surface area contributed by atoms with Crippen LogP contribution >= 0.6 is 11.6 Å². The Morgan fingerprint density at radius 1 is 1.12 bits per heavy atom. The van der Waals surface area contributed by atoms with Crippen LogP contribution in [0.4, 0.5) is 5.69 Å². The predicted molar refractivity (Wildman–Crippen MR) is 104 cm³/mol. The third-order valence-electron chi connectivity index (χ3n) is 3.60. The summed E-state index contributed by atoms with van der Waals surface area (Å²) in [6, 6.07) is 14.4. The van der Waals surface area contributed by atoms with Crippen LogP contribution in [0.1, 0.15) is 26.3 Å². The van der Waals surface area contributed by atoms with Gasteiger partial charge in [-0.1, -0.05) is 35.9 Å². The van der Waals surface area contributed by atoms with Crippen molar-refractivity contribution < 1.29 is 14.3 Å². The van der Waals surface area contributed by atoms with Crippen LogP contribution in [0.2, 0.25) is 5.02 Å². The molecule has 0 aliphatic heterocycles. The second kappa shape index (κ2) is 9.25. The number of hydrogen-bond acceptors (Lipinski definition) is 3. The van der Waals surface area contributed by atoms with Crippen LogP contribution in [0.5, 0.6) is 5.75 Å². The number of carbonyl (C=O) groups excluding carboxylic acids is 2. The minimum absolute atomic E-state index is 0.0383. The number of para-hydroxylation sites is 2. The van der Waals surface area contributed by atoms with Gasteiger partial charge in [-0.05, 0) is 43.7 Å². The topological polar surface area (TPSA) is 58.6 Å². The van der Waals surface area contributed by atoms with Crippen molar-refractivity contribution in [3.63, 3.8) is 0 Å². The van der Waals surface area contributed by atoms with Gasteiger partial charge in [-0.25, -0.2) is 0 Å². The van der Waals surface area contributed by atoms with Crippen molar-refractivity contribution >= 4 is 29.1 Å². The molecule has 0 saturated carbocycles. The third-order valence-corrected chi connectivity index (χ3v) is 3.86. The molecule has 0 atom stereocenters. The van der Waals surface area contributed by atoms with E-state index in [0.717, 1.165) is 5.56 Å². The second-order valence-electron chi connectivity index (χ2n) is 6.14. The molecule has 6 heteroatoms. The summed E-state index contributed by atoms with van der Waals surface area (Å²) in [5.74, 6) is 0.0872. The molecule has 0 fully saturated rings.